The van der Waals surface area contributed by atoms with E-state index in [1.807, 2.05) is 48.5 Å². The van der Waals surface area contributed by atoms with E-state index in [0.717, 1.165) is 22.7 Å². The molecule has 29 heavy (non-hydrogen) atoms. The molecule has 1 heterocycles. The average Bonchev–Trinajstić information content (AvgIpc) is 2.74. The van der Waals surface area contributed by atoms with Crippen LogP contribution in [0.4, 0.5) is 5.69 Å². The summed E-state index contributed by atoms with van der Waals surface area (Å²) in [6.45, 7) is 1.82. The summed E-state index contributed by atoms with van der Waals surface area (Å²) >= 11 is 6.10. The van der Waals surface area contributed by atoms with E-state index in [4.69, 9.17) is 21.1 Å². The van der Waals surface area contributed by atoms with E-state index in [1.54, 1.807) is 24.3 Å². The first kappa shape index (κ1) is 19.3. The van der Waals surface area contributed by atoms with E-state index >= 15 is 0 Å². The minimum atomic E-state index is -0.230. The van der Waals surface area contributed by atoms with Gasteiger partial charge in [0.2, 0.25) is 0 Å². The standard InChI is InChI=1S/C23H21ClN2O3/c24-20-9-2-1-8-19(20)23(27)26-17-7-5-6-16(12-17)13-25-14-18-15-28-21-10-3-4-11-22(21)29-18/h1-12,18,25H,13-15H2,(H,26,27). The molecule has 0 aliphatic carbocycles. The fraction of sp³-hybridized carbons (Fsp3) is 0.174. The molecule has 1 amide bonds. The molecule has 0 saturated heterocycles. The third kappa shape index (κ3) is 4.88. The number of halogens is 1. The molecule has 5 nitrogen and oxygen atoms in total. The lowest BCUT2D eigenvalue weighted by Gasteiger charge is -2.26. The van der Waals surface area contributed by atoms with Gasteiger partial charge in [-0.15, -0.1) is 0 Å². The fourth-order valence-corrected chi connectivity index (χ4v) is 3.37. The first-order chi connectivity index (χ1) is 14.2. The number of carbonyl (C=O) groups is 1. The van der Waals surface area contributed by atoms with Crippen LogP contribution in [0.3, 0.4) is 0 Å². The lowest BCUT2D eigenvalue weighted by atomic mass is 10.1. The monoisotopic (exact) mass is 408 g/mol. The van der Waals surface area contributed by atoms with Crippen molar-refractivity contribution in [1.82, 2.24) is 5.32 Å². The van der Waals surface area contributed by atoms with Crippen molar-refractivity contribution in [3.8, 4) is 11.5 Å². The predicted molar refractivity (Wildman–Crippen MR) is 114 cm³/mol. The van der Waals surface area contributed by atoms with Crippen LogP contribution >= 0.6 is 11.6 Å². The van der Waals surface area contributed by atoms with Gasteiger partial charge in [0.15, 0.2) is 11.5 Å². The number of rotatable bonds is 6. The number of hydrogen-bond donors (Lipinski definition) is 2. The highest BCUT2D eigenvalue weighted by Crippen LogP contribution is 2.30. The molecule has 148 valence electrons. The summed E-state index contributed by atoms with van der Waals surface area (Å²) in [6.07, 6.45) is -0.0481. The van der Waals surface area contributed by atoms with Gasteiger partial charge in [0, 0.05) is 18.8 Å². The first-order valence-electron chi connectivity index (χ1n) is 9.43. The predicted octanol–water partition coefficient (Wildman–Crippen LogP) is 4.52. The minimum Gasteiger partial charge on any atom is -0.486 e. The van der Waals surface area contributed by atoms with Crippen molar-refractivity contribution in [2.45, 2.75) is 12.6 Å². The van der Waals surface area contributed by atoms with E-state index in [1.165, 1.54) is 0 Å². The van der Waals surface area contributed by atoms with E-state index in [0.29, 0.717) is 30.3 Å². The molecule has 0 saturated carbocycles. The number of hydrogen-bond acceptors (Lipinski definition) is 4. The molecule has 0 aromatic heterocycles. The summed E-state index contributed by atoms with van der Waals surface area (Å²) in [7, 11) is 0. The number of nitrogens with one attached hydrogen (secondary N) is 2. The van der Waals surface area contributed by atoms with Gasteiger partial charge in [-0.1, -0.05) is 48.0 Å². The molecule has 4 rings (SSSR count). The quantitative estimate of drug-likeness (QED) is 0.629. The van der Waals surface area contributed by atoms with Gasteiger partial charge < -0.3 is 20.1 Å². The Morgan fingerprint density at radius 3 is 2.66 bits per heavy atom. The Labute approximate surface area is 174 Å². The van der Waals surface area contributed by atoms with E-state index < -0.39 is 0 Å². The Morgan fingerprint density at radius 2 is 1.79 bits per heavy atom. The topological polar surface area (TPSA) is 59.6 Å². The number of benzene rings is 3. The smallest absolute Gasteiger partial charge is 0.257 e. The minimum absolute atomic E-state index is 0.0481. The van der Waals surface area contributed by atoms with Gasteiger partial charge in [0.1, 0.15) is 12.7 Å². The number of amides is 1. The number of fused-ring (bicyclic) bond motifs is 1. The zero-order chi connectivity index (χ0) is 20.1. The molecule has 1 aliphatic heterocycles. The van der Waals surface area contributed by atoms with Crippen LogP contribution in [0.1, 0.15) is 15.9 Å². The SMILES string of the molecule is O=C(Nc1cccc(CNCC2COc3ccccc3O2)c1)c1ccccc1Cl. The maximum Gasteiger partial charge on any atom is 0.257 e. The van der Waals surface area contributed by atoms with E-state index in [-0.39, 0.29) is 12.0 Å². The summed E-state index contributed by atoms with van der Waals surface area (Å²) in [5, 5.41) is 6.71. The van der Waals surface area contributed by atoms with E-state index in [9.17, 15) is 4.79 Å². The second-order valence-corrected chi connectivity index (χ2v) is 7.17. The molecule has 0 radical (unpaired) electrons. The molecule has 3 aromatic rings. The number of anilines is 1. The van der Waals surface area contributed by atoms with Crippen LogP contribution in [-0.2, 0) is 6.54 Å². The number of para-hydroxylation sites is 2. The second kappa shape index (κ2) is 8.99. The summed E-state index contributed by atoms with van der Waals surface area (Å²) in [6, 6.07) is 22.4. The van der Waals surface area contributed by atoms with Gasteiger partial charge >= 0.3 is 0 Å². The lowest BCUT2D eigenvalue weighted by Crippen LogP contribution is -2.38. The molecule has 0 bridgehead atoms. The Morgan fingerprint density at radius 1 is 1.00 bits per heavy atom. The Hall–Kier alpha value is -3.02. The van der Waals surface area contributed by atoms with Crippen LogP contribution in [0.25, 0.3) is 0 Å². The van der Waals surface area contributed by atoms with Crippen LogP contribution in [0.5, 0.6) is 11.5 Å². The van der Waals surface area contributed by atoms with Crippen LogP contribution in [0, 0.1) is 0 Å². The highest BCUT2D eigenvalue weighted by atomic mass is 35.5. The summed E-state index contributed by atoms with van der Waals surface area (Å²) < 4.78 is 11.7. The molecule has 3 aromatic carbocycles. The molecule has 1 aliphatic rings. The summed E-state index contributed by atoms with van der Waals surface area (Å²) in [4.78, 5) is 12.4. The van der Waals surface area contributed by atoms with Gasteiger partial charge in [0.05, 0.1) is 10.6 Å². The number of ether oxygens (including phenoxy) is 2. The van der Waals surface area contributed by atoms with Gasteiger partial charge in [-0.3, -0.25) is 4.79 Å². The van der Waals surface area contributed by atoms with Crippen molar-refractivity contribution in [3.63, 3.8) is 0 Å². The maximum atomic E-state index is 12.4. The molecular formula is C23H21ClN2O3. The third-order valence-electron chi connectivity index (χ3n) is 4.57. The molecule has 1 unspecified atom stereocenters. The average molecular weight is 409 g/mol. The van der Waals surface area contributed by atoms with Gasteiger partial charge in [-0.05, 0) is 42.0 Å². The van der Waals surface area contributed by atoms with Crippen LogP contribution in [0.2, 0.25) is 5.02 Å². The molecule has 1 atom stereocenters. The molecule has 2 N–H and O–H groups in total. The van der Waals surface area contributed by atoms with Crippen LogP contribution in [0.15, 0.2) is 72.8 Å². The molecule has 0 spiro atoms. The van der Waals surface area contributed by atoms with Crippen molar-refractivity contribution in [3.05, 3.63) is 88.9 Å². The second-order valence-electron chi connectivity index (χ2n) is 6.76. The number of carbonyl (C=O) groups excluding carboxylic acids is 1. The van der Waals surface area contributed by atoms with Crippen LogP contribution < -0.4 is 20.1 Å². The van der Waals surface area contributed by atoms with Gasteiger partial charge in [0.25, 0.3) is 5.91 Å². The summed E-state index contributed by atoms with van der Waals surface area (Å²) in [5.74, 6) is 1.33. The largest absolute Gasteiger partial charge is 0.486 e. The zero-order valence-electron chi connectivity index (χ0n) is 15.7. The summed E-state index contributed by atoms with van der Waals surface area (Å²) in [5.41, 5.74) is 2.23. The van der Waals surface area contributed by atoms with Crippen molar-refractivity contribution >= 4 is 23.2 Å². The van der Waals surface area contributed by atoms with Crippen molar-refractivity contribution in [1.29, 1.82) is 0 Å². The lowest BCUT2D eigenvalue weighted by molar-refractivity contribution is 0.0902. The van der Waals surface area contributed by atoms with Crippen molar-refractivity contribution < 1.29 is 14.3 Å². The zero-order valence-corrected chi connectivity index (χ0v) is 16.5. The Kier molecular flexibility index (Phi) is 5.98. The normalized spacial score (nSPS) is 15.0. The van der Waals surface area contributed by atoms with Gasteiger partial charge in [-0.2, -0.15) is 0 Å². The molecule has 6 heteroatoms. The highest BCUT2D eigenvalue weighted by molar-refractivity contribution is 6.34. The van der Waals surface area contributed by atoms with Crippen molar-refractivity contribution in [2.24, 2.45) is 0 Å². The third-order valence-corrected chi connectivity index (χ3v) is 4.90. The Bertz CT molecular complexity index is 1010. The fourth-order valence-electron chi connectivity index (χ4n) is 3.14. The molecule has 0 fully saturated rings. The molecular weight excluding hydrogens is 388 g/mol. The van der Waals surface area contributed by atoms with Crippen molar-refractivity contribution in [2.75, 3.05) is 18.5 Å². The van der Waals surface area contributed by atoms with Gasteiger partial charge in [-0.25, -0.2) is 0 Å². The first-order valence-corrected chi connectivity index (χ1v) is 9.81. The maximum absolute atomic E-state index is 12.4. The van der Waals surface area contributed by atoms with Crippen LogP contribution in [-0.4, -0.2) is 25.2 Å². The highest BCUT2D eigenvalue weighted by Gasteiger charge is 2.20. The van der Waals surface area contributed by atoms with E-state index in [2.05, 4.69) is 10.6 Å². The Balaban J connectivity index is 1.30.